The summed E-state index contributed by atoms with van der Waals surface area (Å²) in [5.41, 5.74) is 7.16. The summed E-state index contributed by atoms with van der Waals surface area (Å²) in [4.78, 5) is 41.8. The number of anilines is 1. The van der Waals surface area contributed by atoms with E-state index < -0.39 is 18.2 Å². The van der Waals surface area contributed by atoms with E-state index in [1.807, 2.05) is 17.0 Å². The van der Waals surface area contributed by atoms with Crippen molar-refractivity contribution >= 4 is 42.0 Å². The zero-order valence-corrected chi connectivity index (χ0v) is 21.8. The predicted octanol–water partition coefficient (Wildman–Crippen LogP) is 3.09. The average molecular weight is 525 g/mol. The molecule has 1 amide bonds. The molecule has 0 radical (unpaired) electrons. The normalized spacial score (nSPS) is 19.0. The second kappa shape index (κ2) is 13.9. The molecule has 0 spiro atoms. The van der Waals surface area contributed by atoms with Gasteiger partial charge in [-0.1, -0.05) is 0 Å². The largest absolute Gasteiger partial charge is 0.509 e. The summed E-state index contributed by atoms with van der Waals surface area (Å²) in [5.74, 6) is -0.751. The third-order valence-electron chi connectivity index (χ3n) is 6.58. The maximum absolute atomic E-state index is 13.5. The molecular formula is C25H37ClN4O6. The first-order chi connectivity index (χ1) is 16.8. The summed E-state index contributed by atoms with van der Waals surface area (Å²) in [7, 11) is 0. The minimum absolute atomic E-state index is 0. The van der Waals surface area contributed by atoms with Crippen LogP contribution in [0.15, 0.2) is 24.3 Å². The van der Waals surface area contributed by atoms with Crippen molar-refractivity contribution < 1.29 is 28.6 Å². The van der Waals surface area contributed by atoms with Crippen molar-refractivity contribution in [2.45, 2.75) is 58.1 Å². The standard InChI is InChI=1S/C25H36N4O6.ClH/c1-3-33-24(31)21(35-25(32)34-4-2)17-12-15-28(16-13-17)23(30)20-7-5-6-14-29(20)19-10-8-18(9-11-19)22(26)27;/h8-11,17,20-21H,3-7,12-16H2,1-2H3,(H3,26,27);1H. The minimum atomic E-state index is -1.04. The molecule has 10 nitrogen and oxygen atoms in total. The van der Waals surface area contributed by atoms with E-state index in [0.717, 1.165) is 31.5 Å². The van der Waals surface area contributed by atoms with E-state index in [0.29, 0.717) is 31.5 Å². The van der Waals surface area contributed by atoms with Gasteiger partial charge in [0.15, 0.2) is 0 Å². The van der Waals surface area contributed by atoms with Gasteiger partial charge in [-0.15, -0.1) is 12.4 Å². The highest BCUT2D eigenvalue weighted by atomic mass is 35.5. The van der Waals surface area contributed by atoms with Crippen LogP contribution in [0.2, 0.25) is 0 Å². The number of nitrogen functional groups attached to an aromatic ring is 1. The molecule has 0 aromatic heterocycles. The molecule has 0 bridgehead atoms. The smallest absolute Gasteiger partial charge is 0.463 e. The number of amidine groups is 1. The molecule has 3 N–H and O–H groups in total. The Morgan fingerprint density at radius 1 is 1.00 bits per heavy atom. The lowest BCUT2D eigenvalue weighted by molar-refractivity contribution is -0.159. The van der Waals surface area contributed by atoms with E-state index in [9.17, 15) is 14.4 Å². The van der Waals surface area contributed by atoms with Crippen molar-refractivity contribution in [3.8, 4) is 0 Å². The number of piperidine rings is 2. The quantitative estimate of drug-likeness (QED) is 0.301. The molecule has 36 heavy (non-hydrogen) atoms. The number of rotatable bonds is 8. The molecule has 2 aliphatic rings. The Hall–Kier alpha value is -3.01. The van der Waals surface area contributed by atoms with Gasteiger partial charge in [-0.3, -0.25) is 10.2 Å². The molecular weight excluding hydrogens is 488 g/mol. The van der Waals surface area contributed by atoms with E-state index in [4.69, 9.17) is 25.4 Å². The molecule has 2 saturated heterocycles. The summed E-state index contributed by atoms with van der Waals surface area (Å²) in [6.07, 6.45) is 1.86. The molecule has 1 aromatic carbocycles. The van der Waals surface area contributed by atoms with E-state index in [1.165, 1.54) is 0 Å². The van der Waals surface area contributed by atoms with Crippen molar-refractivity contribution in [2.75, 3.05) is 37.7 Å². The second-order valence-corrected chi connectivity index (χ2v) is 8.80. The van der Waals surface area contributed by atoms with Gasteiger partial charge in [0, 0.05) is 36.8 Å². The zero-order chi connectivity index (χ0) is 25.4. The molecule has 2 atom stereocenters. The van der Waals surface area contributed by atoms with E-state index in [1.54, 1.807) is 26.0 Å². The van der Waals surface area contributed by atoms with Crippen LogP contribution in [0.5, 0.6) is 0 Å². The van der Waals surface area contributed by atoms with Crippen molar-refractivity contribution in [3.63, 3.8) is 0 Å². The number of benzene rings is 1. The van der Waals surface area contributed by atoms with Gasteiger partial charge in [-0.05, 0) is 70.2 Å². The van der Waals surface area contributed by atoms with Gasteiger partial charge in [0.2, 0.25) is 12.0 Å². The Balaban J connectivity index is 0.00000456. The molecule has 2 unspecified atom stereocenters. The number of nitrogens with one attached hydrogen (secondary N) is 1. The van der Waals surface area contributed by atoms with Crippen LogP contribution in [0.1, 0.15) is 51.5 Å². The molecule has 1 aromatic rings. The lowest BCUT2D eigenvalue weighted by Gasteiger charge is -2.41. The van der Waals surface area contributed by atoms with Crippen LogP contribution in [0.3, 0.4) is 0 Å². The maximum atomic E-state index is 13.5. The Labute approximate surface area is 218 Å². The van der Waals surface area contributed by atoms with Gasteiger partial charge >= 0.3 is 12.1 Å². The number of nitrogens with two attached hydrogens (primary N) is 1. The number of likely N-dealkylation sites (tertiary alicyclic amines) is 1. The molecule has 2 heterocycles. The van der Waals surface area contributed by atoms with Crippen LogP contribution in [0, 0.1) is 11.3 Å². The van der Waals surface area contributed by atoms with E-state index >= 15 is 0 Å². The van der Waals surface area contributed by atoms with Gasteiger partial charge in [0.1, 0.15) is 11.9 Å². The van der Waals surface area contributed by atoms with Crippen LogP contribution in [0.4, 0.5) is 10.5 Å². The number of hydrogen-bond donors (Lipinski definition) is 2. The van der Waals surface area contributed by atoms with Crippen molar-refractivity contribution in [2.24, 2.45) is 11.7 Å². The molecule has 3 rings (SSSR count). The number of halogens is 1. The third kappa shape index (κ3) is 7.25. The highest BCUT2D eigenvalue weighted by Crippen LogP contribution is 2.29. The van der Waals surface area contributed by atoms with Crippen LogP contribution in [-0.2, 0) is 23.8 Å². The number of carbonyl (C=O) groups is 3. The molecule has 2 fully saturated rings. The number of esters is 1. The fourth-order valence-electron chi connectivity index (χ4n) is 4.78. The molecule has 200 valence electrons. The van der Waals surface area contributed by atoms with Gasteiger partial charge < -0.3 is 29.7 Å². The molecule has 2 aliphatic heterocycles. The van der Waals surface area contributed by atoms with Gasteiger partial charge in [-0.2, -0.15) is 0 Å². The van der Waals surface area contributed by atoms with Crippen molar-refractivity contribution in [1.29, 1.82) is 5.41 Å². The second-order valence-electron chi connectivity index (χ2n) is 8.80. The SMILES string of the molecule is CCOC(=O)OC(C(=O)OCC)C1CCN(C(=O)C2CCCCN2c2ccc(C(=N)N)cc2)CC1.Cl. The van der Waals surface area contributed by atoms with Gasteiger partial charge in [0.05, 0.1) is 13.2 Å². The first kappa shape index (κ1) is 29.2. The first-order valence-corrected chi connectivity index (χ1v) is 12.4. The maximum Gasteiger partial charge on any atom is 0.509 e. The number of hydrogen-bond acceptors (Lipinski definition) is 8. The average Bonchev–Trinajstić information content (AvgIpc) is 2.87. The monoisotopic (exact) mass is 524 g/mol. The van der Waals surface area contributed by atoms with Crippen molar-refractivity contribution in [1.82, 2.24) is 4.90 Å². The van der Waals surface area contributed by atoms with Crippen LogP contribution in [-0.4, -0.2) is 73.8 Å². The van der Waals surface area contributed by atoms with E-state index in [2.05, 4.69) is 4.90 Å². The van der Waals surface area contributed by atoms with E-state index in [-0.39, 0.29) is 49.3 Å². The van der Waals surface area contributed by atoms with Crippen LogP contribution < -0.4 is 10.6 Å². The summed E-state index contributed by atoms with van der Waals surface area (Å²) in [6.45, 7) is 5.42. The molecule has 0 aliphatic carbocycles. The topological polar surface area (TPSA) is 135 Å². The number of amides is 1. The van der Waals surface area contributed by atoms with Crippen molar-refractivity contribution in [3.05, 3.63) is 29.8 Å². The first-order valence-electron chi connectivity index (χ1n) is 12.4. The minimum Gasteiger partial charge on any atom is -0.463 e. The van der Waals surface area contributed by atoms with Gasteiger partial charge in [-0.25, -0.2) is 9.59 Å². The Bertz CT molecular complexity index is 904. The van der Waals surface area contributed by atoms with Crippen LogP contribution >= 0.6 is 12.4 Å². The fraction of sp³-hybridized carbons (Fsp3) is 0.600. The Morgan fingerprint density at radius 3 is 2.22 bits per heavy atom. The van der Waals surface area contributed by atoms with Crippen LogP contribution in [0.25, 0.3) is 0 Å². The highest BCUT2D eigenvalue weighted by molar-refractivity contribution is 5.95. The zero-order valence-electron chi connectivity index (χ0n) is 20.9. The number of ether oxygens (including phenoxy) is 3. The summed E-state index contributed by atoms with van der Waals surface area (Å²) >= 11 is 0. The highest BCUT2D eigenvalue weighted by Gasteiger charge is 2.39. The predicted molar refractivity (Wildman–Crippen MR) is 138 cm³/mol. The summed E-state index contributed by atoms with van der Waals surface area (Å²) < 4.78 is 15.2. The lowest BCUT2D eigenvalue weighted by Crippen LogP contribution is -2.53. The molecule has 0 saturated carbocycles. The summed E-state index contributed by atoms with van der Waals surface area (Å²) in [5, 5.41) is 7.59. The third-order valence-corrected chi connectivity index (χ3v) is 6.58. The fourth-order valence-corrected chi connectivity index (χ4v) is 4.78. The van der Waals surface area contributed by atoms with Gasteiger partial charge in [0.25, 0.3) is 0 Å². The Morgan fingerprint density at radius 2 is 1.64 bits per heavy atom. The number of nitrogens with zero attached hydrogens (tertiary/aromatic N) is 2. The Kier molecular flexibility index (Phi) is 11.3. The molecule has 11 heteroatoms. The summed E-state index contributed by atoms with van der Waals surface area (Å²) in [6, 6.07) is 7.16. The lowest BCUT2D eigenvalue weighted by atomic mass is 9.90. The number of carbonyl (C=O) groups excluding carboxylic acids is 3.